The van der Waals surface area contributed by atoms with Crippen molar-refractivity contribution in [1.82, 2.24) is 4.90 Å². The zero-order valence-electron chi connectivity index (χ0n) is 9.37. The Morgan fingerprint density at radius 2 is 2.07 bits per heavy atom. The fraction of sp³-hybridized carbons (Fsp3) is 0.833. The molecule has 15 heavy (non-hydrogen) atoms. The van der Waals surface area contributed by atoms with Crippen molar-refractivity contribution in [2.75, 3.05) is 6.54 Å². The quantitative estimate of drug-likeness (QED) is 0.660. The Hall–Kier alpha value is -0.860. The topological polar surface area (TPSA) is 37.4 Å². The van der Waals surface area contributed by atoms with Gasteiger partial charge in [0.15, 0.2) is 0 Å². The first-order chi connectivity index (χ1) is 7.20. The molecular weight excluding hydrogens is 190 g/mol. The molecule has 1 amide bonds. The lowest BCUT2D eigenvalue weighted by Gasteiger charge is -2.38. The van der Waals surface area contributed by atoms with Gasteiger partial charge in [-0.15, -0.1) is 0 Å². The van der Waals surface area contributed by atoms with E-state index < -0.39 is 0 Å². The molecule has 2 aliphatic rings. The van der Waals surface area contributed by atoms with Crippen LogP contribution in [0.5, 0.6) is 0 Å². The minimum atomic E-state index is 0.138. The van der Waals surface area contributed by atoms with Crippen molar-refractivity contribution in [2.24, 2.45) is 5.92 Å². The minimum Gasteiger partial charge on any atom is -0.339 e. The first kappa shape index (κ1) is 10.7. The lowest BCUT2D eigenvalue weighted by Crippen LogP contribution is -2.47. The molecule has 3 heteroatoms. The van der Waals surface area contributed by atoms with Crippen LogP contribution in [0.25, 0.3) is 0 Å². The molecule has 1 saturated carbocycles. The number of likely N-dealkylation sites (tertiary alicyclic amines) is 1. The van der Waals surface area contributed by atoms with Gasteiger partial charge in [-0.25, -0.2) is 0 Å². The number of ketones is 1. The van der Waals surface area contributed by atoms with E-state index in [0.717, 1.165) is 45.1 Å². The van der Waals surface area contributed by atoms with Crippen LogP contribution in [0.1, 0.15) is 45.4 Å². The first-order valence-corrected chi connectivity index (χ1v) is 6.00. The zero-order valence-corrected chi connectivity index (χ0v) is 9.37. The van der Waals surface area contributed by atoms with E-state index in [9.17, 15) is 9.59 Å². The van der Waals surface area contributed by atoms with Crippen LogP contribution >= 0.6 is 0 Å². The molecule has 0 aromatic rings. The third kappa shape index (κ3) is 2.06. The van der Waals surface area contributed by atoms with Crippen LogP contribution in [-0.2, 0) is 9.59 Å². The van der Waals surface area contributed by atoms with E-state index in [1.54, 1.807) is 6.92 Å². The molecule has 0 spiro atoms. The van der Waals surface area contributed by atoms with Gasteiger partial charge in [0, 0.05) is 31.8 Å². The van der Waals surface area contributed by atoms with E-state index in [0.29, 0.717) is 5.78 Å². The molecule has 3 nitrogen and oxygen atoms in total. The first-order valence-electron chi connectivity index (χ1n) is 6.00. The van der Waals surface area contributed by atoms with E-state index in [2.05, 4.69) is 0 Å². The molecule has 1 aliphatic carbocycles. The summed E-state index contributed by atoms with van der Waals surface area (Å²) in [4.78, 5) is 25.1. The number of nitrogens with zero attached hydrogens (tertiary/aromatic N) is 1. The Morgan fingerprint density at radius 3 is 2.67 bits per heavy atom. The third-order valence-electron chi connectivity index (χ3n) is 3.77. The maximum atomic E-state index is 11.7. The Balaban J connectivity index is 2.10. The number of carbonyl (C=O) groups excluding carboxylic acids is 2. The van der Waals surface area contributed by atoms with Gasteiger partial charge in [0.05, 0.1) is 0 Å². The molecule has 0 N–H and O–H groups in total. The van der Waals surface area contributed by atoms with E-state index in [1.807, 2.05) is 4.90 Å². The smallest absolute Gasteiger partial charge is 0.219 e. The average Bonchev–Trinajstić information content (AvgIpc) is 2.64. The van der Waals surface area contributed by atoms with Crippen molar-refractivity contribution in [3.63, 3.8) is 0 Å². The predicted octanol–water partition coefficient (Wildman–Crippen LogP) is 1.76. The molecule has 0 bridgehead atoms. The van der Waals surface area contributed by atoms with Crippen LogP contribution in [0.4, 0.5) is 0 Å². The average molecular weight is 209 g/mol. The van der Waals surface area contributed by atoms with Gasteiger partial charge in [0.2, 0.25) is 5.91 Å². The molecule has 2 rings (SSSR count). The fourth-order valence-corrected chi connectivity index (χ4v) is 3.02. The van der Waals surface area contributed by atoms with E-state index >= 15 is 0 Å². The number of carbonyl (C=O) groups is 2. The summed E-state index contributed by atoms with van der Waals surface area (Å²) in [5.41, 5.74) is 0. The van der Waals surface area contributed by atoms with E-state index in [4.69, 9.17) is 0 Å². The second-order valence-electron chi connectivity index (χ2n) is 4.74. The summed E-state index contributed by atoms with van der Waals surface area (Å²) in [5.74, 6) is 0.668. The molecule has 2 atom stereocenters. The van der Waals surface area contributed by atoms with Crippen LogP contribution in [-0.4, -0.2) is 29.2 Å². The largest absolute Gasteiger partial charge is 0.339 e. The summed E-state index contributed by atoms with van der Waals surface area (Å²) in [6, 6.07) is 0.214. The second kappa shape index (κ2) is 4.33. The number of hydrogen-bond acceptors (Lipinski definition) is 2. The van der Waals surface area contributed by atoms with Crippen LogP contribution in [0, 0.1) is 5.92 Å². The van der Waals surface area contributed by atoms with Crippen molar-refractivity contribution < 1.29 is 9.59 Å². The van der Waals surface area contributed by atoms with Crippen molar-refractivity contribution in [3.05, 3.63) is 0 Å². The molecular formula is C12H19NO2. The maximum absolute atomic E-state index is 11.7. The summed E-state index contributed by atoms with van der Waals surface area (Å²) in [6.45, 7) is 2.47. The number of rotatable bonds is 1. The SMILES string of the molecule is CC(=O)N1CCCCC1C1CCCC1=O. The molecule has 0 radical (unpaired) electrons. The lowest BCUT2D eigenvalue weighted by molar-refractivity contribution is -0.135. The Kier molecular flexibility index (Phi) is 3.08. The standard InChI is InChI=1S/C12H19NO2/c1-9(14)13-8-3-2-6-11(13)10-5-4-7-12(10)15/h10-11H,2-8H2,1H3. The van der Waals surface area contributed by atoms with Gasteiger partial charge >= 0.3 is 0 Å². The van der Waals surface area contributed by atoms with Gasteiger partial charge < -0.3 is 4.90 Å². The summed E-state index contributed by atoms with van der Waals surface area (Å²) < 4.78 is 0. The number of piperidine rings is 1. The molecule has 1 aliphatic heterocycles. The Labute approximate surface area is 90.8 Å². The monoisotopic (exact) mass is 209 g/mol. The van der Waals surface area contributed by atoms with Crippen molar-refractivity contribution in [1.29, 1.82) is 0 Å². The minimum absolute atomic E-state index is 0.138. The van der Waals surface area contributed by atoms with Gasteiger partial charge in [0.1, 0.15) is 5.78 Å². The molecule has 0 aromatic carbocycles. The van der Waals surface area contributed by atoms with Crippen LogP contribution in [0.2, 0.25) is 0 Å². The van der Waals surface area contributed by atoms with Crippen molar-refractivity contribution >= 4 is 11.7 Å². The number of hydrogen-bond donors (Lipinski definition) is 0. The fourth-order valence-electron chi connectivity index (χ4n) is 3.02. The molecule has 2 fully saturated rings. The van der Waals surface area contributed by atoms with Gasteiger partial charge in [-0.05, 0) is 32.1 Å². The van der Waals surface area contributed by atoms with E-state index in [-0.39, 0.29) is 17.9 Å². The number of Topliss-reactive ketones (excluding diaryl/α,β-unsaturated/α-hetero) is 1. The summed E-state index contributed by atoms with van der Waals surface area (Å²) in [5, 5.41) is 0. The molecule has 2 unspecified atom stereocenters. The highest BCUT2D eigenvalue weighted by Crippen LogP contribution is 2.32. The summed E-state index contributed by atoms with van der Waals surface area (Å²) in [7, 11) is 0. The molecule has 1 saturated heterocycles. The van der Waals surface area contributed by atoms with Crippen LogP contribution < -0.4 is 0 Å². The highest BCUT2D eigenvalue weighted by molar-refractivity contribution is 5.84. The molecule has 1 heterocycles. The summed E-state index contributed by atoms with van der Waals surface area (Å²) >= 11 is 0. The van der Waals surface area contributed by atoms with Gasteiger partial charge in [0.25, 0.3) is 0 Å². The van der Waals surface area contributed by atoms with Gasteiger partial charge in [-0.3, -0.25) is 9.59 Å². The maximum Gasteiger partial charge on any atom is 0.219 e. The van der Waals surface area contributed by atoms with E-state index in [1.165, 1.54) is 0 Å². The van der Waals surface area contributed by atoms with Crippen LogP contribution in [0.3, 0.4) is 0 Å². The van der Waals surface area contributed by atoms with Crippen LogP contribution in [0.15, 0.2) is 0 Å². The Morgan fingerprint density at radius 1 is 1.27 bits per heavy atom. The summed E-state index contributed by atoms with van der Waals surface area (Å²) in [6.07, 6.45) is 6.02. The van der Waals surface area contributed by atoms with Crippen molar-refractivity contribution in [2.45, 2.75) is 51.5 Å². The molecule has 84 valence electrons. The lowest BCUT2D eigenvalue weighted by atomic mass is 9.88. The van der Waals surface area contributed by atoms with Crippen molar-refractivity contribution in [3.8, 4) is 0 Å². The third-order valence-corrected chi connectivity index (χ3v) is 3.77. The predicted molar refractivity (Wildman–Crippen MR) is 57.4 cm³/mol. The highest BCUT2D eigenvalue weighted by Gasteiger charge is 2.37. The Bertz CT molecular complexity index is 273. The van der Waals surface area contributed by atoms with Gasteiger partial charge in [-0.2, -0.15) is 0 Å². The normalized spacial score (nSPS) is 32.1. The molecule has 0 aromatic heterocycles. The van der Waals surface area contributed by atoms with Gasteiger partial charge in [-0.1, -0.05) is 0 Å². The zero-order chi connectivity index (χ0) is 10.8. The number of amides is 1. The second-order valence-corrected chi connectivity index (χ2v) is 4.74. The highest BCUT2D eigenvalue weighted by atomic mass is 16.2.